The topological polar surface area (TPSA) is 111 Å². The number of carbonyl (C=O) groups excluding carboxylic acids is 2. The van der Waals surface area contributed by atoms with Crippen LogP contribution in [0, 0.1) is 0 Å². The molecule has 0 saturated heterocycles. The third kappa shape index (κ3) is 72.9. The zero-order valence-electron chi connectivity index (χ0n) is 58.5. The van der Waals surface area contributed by atoms with E-state index < -0.39 is 32.5 Å². The number of phosphoric ester groups is 1. The lowest BCUT2D eigenvalue weighted by molar-refractivity contribution is -0.870. The molecule has 0 N–H and O–H groups in total. The fourth-order valence-corrected chi connectivity index (χ4v) is 10.5. The first kappa shape index (κ1) is 85.9. The Morgan fingerprint density at radius 1 is 0.356 bits per heavy atom. The van der Waals surface area contributed by atoms with Crippen molar-refractivity contribution in [2.75, 3.05) is 47.5 Å². The van der Waals surface area contributed by atoms with Gasteiger partial charge in [-0.25, -0.2) is 0 Å². The molecule has 0 aromatic carbocycles. The average molecular weight is 1270 g/mol. The Balaban J connectivity index is 4.13. The number of unbranched alkanes of at least 4 members (excludes halogenated alkanes) is 28. The Hall–Kier alpha value is -4.11. The minimum atomic E-state index is -4.67. The highest BCUT2D eigenvalue weighted by Crippen LogP contribution is 2.38. The SMILES string of the molecule is CC/C=C\C/C=C\C/C=C\C/C=C\C/C=C\C/C=C\C/C=C\C/C=C\C/C=C\C/C=C\CCCCC(=O)OC(COC(=O)CCCCCCCCCCCCCCCCCCCCCCC/C=C\C/C=C\CCCCCCC)COP(=O)([O-])OCC[N+](C)(C)C. The number of allylic oxidation sites excluding steroid dienone is 24. The first-order valence-corrected chi connectivity index (χ1v) is 38.0. The van der Waals surface area contributed by atoms with E-state index >= 15 is 0 Å². The first-order valence-electron chi connectivity index (χ1n) is 36.5. The van der Waals surface area contributed by atoms with E-state index in [2.05, 4.69) is 160 Å². The smallest absolute Gasteiger partial charge is 0.306 e. The lowest BCUT2D eigenvalue weighted by Crippen LogP contribution is -2.37. The minimum absolute atomic E-state index is 0.0460. The van der Waals surface area contributed by atoms with E-state index in [9.17, 15) is 19.0 Å². The van der Waals surface area contributed by atoms with E-state index in [4.69, 9.17) is 18.5 Å². The second kappa shape index (κ2) is 69.2. The molecule has 0 aromatic heterocycles. The highest BCUT2D eigenvalue weighted by Gasteiger charge is 2.22. The maximum Gasteiger partial charge on any atom is 0.306 e. The number of quaternary nitrogens is 1. The lowest BCUT2D eigenvalue weighted by atomic mass is 10.0. The fraction of sp³-hybridized carbons (Fsp3) is 0.675. The summed E-state index contributed by atoms with van der Waals surface area (Å²) in [6, 6.07) is 0. The average Bonchev–Trinajstić information content (AvgIpc) is 3.58. The number of rotatable bonds is 66. The molecule has 0 radical (unpaired) electrons. The molecule has 0 aliphatic rings. The molecule has 0 bridgehead atoms. The Labute approximate surface area is 554 Å². The van der Waals surface area contributed by atoms with Crippen LogP contribution < -0.4 is 4.89 Å². The maximum absolute atomic E-state index is 12.9. The summed E-state index contributed by atoms with van der Waals surface area (Å²) < 4.78 is 34.3. The van der Waals surface area contributed by atoms with Gasteiger partial charge in [-0.15, -0.1) is 0 Å². The van der Waals surface area contributed by atoms with Crippen molar-refractivity contribution in [1.29, 1.82) is 0 Å². The molecule has 2 unspecified atom stereocenters. The van der Waals surface area contributed by atoms with Crippen LogP contribution in [-0.2, 0) is 32.7 Å². The number of ether oxygens (including phenoxy) is 2. The van der Waals surface area contributed by atoms with Gasteiger partial charge in [-0.1, -0.05) is 307 Å². The zero-order valence-corrected chi connectivity index (χ0v) is 59.4. The molecule has 0 heterocycles. The van der Waals surface area contributed by atoms with Crippen molar-refractivity contribution in [2.45, 2.75) is 302 Å². The molecule has 0 saturated carbocycles. The Kier molecular flexibility index (Phi) is 66.1. The molecule has 0 spiro atoms. The van der Waals surface area contributed by atoms with E-state index in [1.54, 1.807) is 0 Å². The van der Waals surface area contributed by atoms with Crippen molar-refractivity contribution in [2.24, 2.45) is 0 Å². The van der Waals surface area contributed by atoms with Gasteiger partial charge in [0.2, 0.25) is 0 Å². The van der Waals surface area contributed by atoms with Gasteiger partial charge in [-0.3, -0.25) is 14.2 Å². The molecule has 0 aliphatic heterocycles. The Morgan fingerprint density at radius 2 is 0.633 bits per heavy atom. The second-order valence-electron chi connectivity index (χ2n) is 25.2. The molecular formula is C80H136NO8P. The van der Waals surface area contributed by atoms with Gasteiger partial charge in [-0.05, 0) is 122 Å². The number of phosphoric acid groups is 1. The lowest BCUT2D eigenvalue weighted by Gasteiger charge is -2.28. The van der Waals surface area contributed by atoms with E-state index in [0.717, 1.165) is 103 Å². The van der Waals surface area contributed by atoms with Crippen molar-refractivity contribution in [3.05, 3.63) is 146 Å². The van der Waals surface area contributed by atoms with Crippen LogP contribution in [0.15, 0.2) is 146 Å². The monoisotopic (exact) mass is 1270 g/mol. The van der Waals surface area contributed by atoms with Gasteiger partial charge in [0, 0.05) is 12.8 Å². The molecular weight excluding hydrogens is 1130 g/mol. The third-order valence-electron chi connectivity index (χ3n) is 15.3. The normalized spacial score (nSPS) is 14.0. The summed E-state index contributed by atoms with van der Waals surface area (Å²) in [5, 5.41) is 0. The molecule has 0 amide bonds. The maximum atomic E-state index is 12.9. The van der Waals surface area contributed by atoms with Crippen molar-refractivity contribution < 1.29 is 42.1 Å². The highest BCUT2D eigenvalue weighted by atomic mass is 31.2. The molecule has 2 atom stereocenters. The van der Waals surface area contributed by atoms with Gasteiger partial charge in [-0.2, -0.15) is 0 Å². The number of nitrogens with zero attached hydrogens (tertiary/aromatic N) is 1. The predicted molar refractivity (Wildman–Crippen MR) is 387 cm³/mol. The summed E-state index contributed by atoms with van der Waals surface area (Å²) in [4.78, 5) is 38.1. The molecule has 90 heavy (non-hydrogen) atoms. The first-order chi connectivity index (χ1) is 44.0. The summed E-state index contributed by atoms with van der Waals surface area (Å²) in [5.74, 6) is -0.885. The van der Waals surface area contributed by atoms with Crippen LogP contribution in [0.4, 0.5) is 0 Å². The minimum Gasteiger partial charge on any atom is -0.756 e. The zero-order chi connectivity index (χ0) is 65.5. The van der Waals surface area contributed by atoms with E-state index in [1.165, 1.54) is 161 Å². The van der Waals surface area contributed by atoms with Crippen LogP contribution in [0.1, 0.15) is 296 Å². The summed E-state index contributed by atoms with van der Waals surface area (Å²) in [7, 11) is 1.13. The van der Waals surface area contributed by atoms with Gasteiger partial charge < -0.3 is 27.9 Å². The standard InChI is InChI=1S/C80H136NO8P/c1-6-8-10-12-14-16-18-20-22-24-26-28-30-32-34-36-38-40-42-44-46-48-50-52-54-56-58-60-62-64-66-68-70-72-79(82)86-76-78(77-88-90(84,85)87-75-74-81(3,4)5)89-80(83)73-71-69-67-65-63-61-59-57-55-53-51-49-47-45-43-41-39-37-35-33-31-29-27-25-23-21-19-17-15-13-11-9-7-2/h9,11,15,17-18,20-21,23-24,26-27,29,33,35,39,41,45,47,51,53,57,59,63,65,78H,6-8,10,12-14,16,19,22,25,28,30-32,34,36-38,40,42-44,46,48-50,52,54-56,58,60-62,64,66-77H2,1-5H3/b11-9-,17-15-,20-18-,23-21-,26-24-,29-27-,35-33-,41-39-,47-45-,53-51-,59-57-,65-63-. The number of esters is 2. The van der Waals surface area contributed by atoms with Gasteiger partial charge in [0.1, 0.15) is 19.8 Å². The van der Waals surface area contributed by atoms with Crippen LogP contribution in [0.2, 0.25) is 0 Å². The quantitative estimate of drug-likeness (QED) is 0.0195. The highest BCUT2D eigenvalue weighted by molar-refractivity contribution is 7.45. The largest absolute Gasteiger partial charge is 0.756 e. The van der Waals surface area contributed by atoms with Crippen molar-refractivity contribution in [1.82, 2.24) is 0 Å². The van der Waals surface area contributed by atoms with Crippen LogP contribution in [0.3, 0.4) is 0 Å². The van der Waals surface area contributed by atoms with Gasteiger partial charge in [0.05, 0.1) is 27.7 Å². The van der Waals surface area contributed by atoms with E-state index in [1.807, 2.05) is 21.1 Å². The fourth-order valence-electron chi connectivity index (χ4n) is 9.78. The Bertz CT molecular complexity index is 2030. The Morgan fingerprint density at radius 3 is 0.967 bits per heavy atom. The summed E-state index contributed by atoms with van der Waals surface area (Å²) in [5.41, 5.74) is 0. The number of hydrogen-bond donors (Lipinski definition) is 0. The van der Waals surface area contributed by atoms with Gasteiger partial charge >= 0.3 is 11.9 Å². The van der Waals surface area contributed by atoms with Crippen LogP contribution >= 0.6 is 7.82 Å². The van der Waals surface area contributed by atoms with Gasteiger partial charge in [0.15, 0.2) is 6.10 Å². The molecule has 10 heteroatoms. The number of hydrogen-bond acceptors (Lipinski definition) is 8. The van der Waals surface area contributed by atoms with Crippen molar-refractivity contribution in [3.8, 4) is 0 Å². The van der Waals surface area contributed by atoms with Crippen LogP contribution in [-0.4, -0.2) is 70.0 Å². The third-order valence-corrected chi connectivity index (χ3v) is 16.3. The van der Waals surface area contributed by atoms with Gasteiger partial charge in [0.25, 0.3) is 7.82 Å². The number of carbonyl (C=O) groups is 2. The predicted octanol–water partition coefficient (Wildman–Crippen LogP) is 23.5. The summed E-state index contributed by atoms with van der Waals surface area (Å²) in [6.45, 7) is 4.08. The van der Waals surface area contributed by atoms with Crippen LogP contribution in [0.5, 0.6) is 0 Å². The molecule has 0 rings (SSSR count). The summed E-state index contributed by atoms with van der Waals surface area (Å²) >= 11 is 0. The molecule has 0 aliphatic carbocycles. The van der Waals surface area contributed by atoms with E-state index in [0.29, 0.717) is 17.4 Å². The van der Waals surface area contributed by atoms with Crippen LogP contribution in [0.25, 0.3) is 0 Å². The molecule has 0 aromatic rings. The molecule has 0 fully saturated rings. The van der Waals surface area contributed by atoms with Crippen molar-refractivity contribution in [3.63, 3.8) is 0 Å². The van der Waals surface area contributed by atoms with Crippen molar-refractivity contribution >= 4 is 19.8 Å². The molecule has 9 nitrogen and oxygen atoms in total. The second-order valence-corrected chi connectivity index (χ2v) is 26.6. The van der Waals surface area contributed by atoms with E-state index in [-0.39, 0.29) is 26.1 Å². The summed E-state index contributed by atoms with van der Waals surface area (Å²) in [6.07, 6.45) is 102. The molecule has 514 valence electrons. The number of likely N-dealkylation sites (N-methyl/N-ethyl adjacent to an activating group) is 1.